The van der Waals surface area contributed by atoms with Crippen LogP contribution in [0.1, 0.15) is 42.2 Å². The van der Waals surface area contributed by atoms with Gasteiger partial charge in [-0.2, -0.15) is 0 Å². The number of nitrogens with one attached hydrogen (secondary N) is 1. The fourth-order valence-corrected chi connectivity index (χ4v) is 4.96. The van der Waals surface area contributed by atoms with Gasteiger partial charge in [-0.3, -0.25) is 13.9 Å². The number of ether oxygens (including phenoxy) is 1. The van der Waals surface area contributed by atoms with E-state index in [0.717, 1.165) is 54.1 Å². The number of hydrogen-bond donors (Lipinski definition) is 2. The summed E-state index contributed by atoms with van der Waals surface area (Å²) < 4.78 is 9.02. The minimum absolute atomic E-state index is 0.0577. The zero-order valence-electron chi connectivity index (χ0n) is 15.1. The summed E-state index contributed by atoms with van der Waals surface area (Å²) in [5.41, 5.74) is 6.23. The summed E-state index contributed by atoms with van der Waals surface area (Å²) in [5, 5.41) is 3.99. The molecule has 0 bridgehead atoms. The third-order valence-electron chi connectivity index (χ3n) is 5.27. The molecule has 1 aliphatic carbocycles. The lowest BCUT2D eigenvalue weighted by Gasteiger charge is -2.15. The van der Waals surface area contributed by atoms with Gasteiger partial charge in [0.05, 0.1) is 18.0 Å². The Morgan fingerprint density at radius 1 is 1.31 bits per heavy atom. The second-order valence-corrected chi connectivity index (χ2v) is 8.31. The lowest BCUT2D eigenvalue weighted by Crippen LogP contribution is -2.40. The summed E-state index contributed by atoms with van der Waals surface area (Å²) >= 11 is 1.54. The number of aromatic nitrogens is 2. The van der Waals surface area contributed by atoms with E-state index in [4.69, 9.17) is 10.5 Å². The summed E-state index contributed by atoms with van der Waals surface area (Å²) in [7, 11) is 0. The van der Waals surface area contributed by atoms with Crippen LogP contribution >= 0.6 is 11.3 Å². The van der Waals surface area contributed by atoms with Crippen LogP contribution in [0.5, 0.6) is 0 Å². The fraction of sp³-hybridized carbons (Fsp3) is 0.667. The Balaban J connectivity index is 1.84. The van der Waals surface area contributed by atoms with Crippen LogP contribution in [0.3, 0.4) is 0 Å². The molecule has 2 fully saturated rings. The Hall–Kier alpha value is -1.48. The van der Waals surface area contributed by atoms with Crippen LogP contribution in [0.2, 0.25) is 0 Å². The maximum absolute atomic E-state index is 13.1. The zero-order valence-corrected chi connectivity index (χ0v) is 15.9. The number of aryl methyl sites for hydroxylation is 1. The highest BCUT2D eigenvalue weighted by Gasteiger charge is 2.31. The number of fused-ring (bicyclic) bond motifs is 1. The van der Waals surface area contributed by atoms with Crippen molar-refractivity contribution in [1.29, 1.82) is 0 Å². The minimum atomic E-state index is -0.178. The Labute approximate surface area is 155 Å². The number of hydrogen-bond acceptors (Lipinski definition) is 6. The van der Waals surface area contributed by atoms with Crippen molar-refractivity contribution in [2.75, 3.05) is 19.7 Å². The molecule has 1 saturated carbocycles. The SMILES string of the molecule is Cc1c(CNCCN)sc2c1c(=O)n(C1CC1)c(=O)n2C[C@H]1CCCO1. The normalized spacial score (nSPS) is 20.3. The topological polar surface area (TPSA) is 91.3 Å². The number of nitrogens with zero attached hydrogens (tertiary/aromatic N) is 2. The quantitative estimate of drug-likeness (QED) is 0.704. The van der Waals surface area contributed by atoms with Crippen molar-refractivity contribution in [3.63, 3.8) is 0 Å². The van der Waals surface area contributed by atoms with E-state index < -0.39 is 0 Å². The van der Waals surface area contributed by atoms with E-state index in [0.29, 0.717) is 25.0 Å². The highest BCUT2D eigenvalue weighted by molar-refractivity contribution is 7.18. The van der Waals surface area contributed by atoms with Crippen molar-refractivity contribution in [3.8, 4) is 0 Å². The van der Waals surface area contributed by atoms with Gasteiger partial charge < -0.3 is 15.8 Å². The minimum Gasteiger partial charge on any atom is -0.376 e. The van der Waals surface area contributed by atoms with E-state index in [-0.39, 0.29) is 23.4 Å². The van der Waals surface area contributed by atoms with Crippen LogP contribution in [-0.4, -0.2) is 34.9 Å². The first-order valence-electron chi connectivity index (χ1n) is 9.41. The molecule has 1 aliphatic heterocycles. The third-order valence-corrected chi connectivity index (χ3v) is 6.59. The molecular formula is C18H26N4O3S. The molecule has 4 rings (SSSR count). The van der Waals surface area contributed by atoms with E-state index in [1.54, 1.807) is 15.9 Å². The van der Waals surface area contributed by atoms with Crippen LogP contribution < -0.4 is 22.3 Å². The van der Waals surface area contributed by atoms with Crippen molar-refractivity contribution >= 4 is 21.6 Å². The molecule has 8 heteroatoms. The van der Waals surface area contributed by atoms with Gasteiger partial charge in [0.15, 0.2) is 0 Å². The van der Waals surface area contributed by atoms with Gasteiger partial charge in [0.25, 0.3) is 5.56 Å². The lowest BCUT2D eigenvalue weighted by molar-refractivity contribution is 0.0966. The van der Waals surface area contributed by atoms with Crippen molar-refractivity contribution in [3.05, 3.63) is 31.3 Å². The molecule has 0 unspecified atom stereocenters. The maximum atomic E-state index is 13.1. The Kier molecular flexibility index (Phi) is 5.00. The summed E-state index contributed by atoms with van der Waals surface area (Å²) in [4.78, 5) is 28.1. The van der Waals surface area contributed by atoms with Crippen molar-refractivity contribution in [2.24, 2.45) is 5.73 Å². The van der Waals surface area contributed by atoms with Crippen molar-refractivity contribution in [1.82, 2.24) is 14.5 Å². The van der Waals surface area contributed by atoms with Gasteiger partial charge in [-0.1, -0.05) is 0 Å². The van der Waals surface area contributed by atoms with Crippen molar-refractivity contribution < 1.29 is 4.74 Å². The molecule has 142 valence electrons. The monoisotopic (exact) mass is 378 g/mol. The van der Waals surface area contributed by atoms with Crippen LogP contribution in [0.25, 0.3) is 10.2 Å². The molecule has 7 nitrogen and oxygen atoms in total. The van der Waals surface area contributed by atoms with Crippen LogP contribution in [-0.2, 0) is 17.8 Å². The first-order valence-corrected chi connectivity index (χ1v) is 10.2. The molecule has 3 heterocycles. The molecule has 1 atom stereocenters. The smallest absolute Gasteiger partial charge is 0.332 e. The summed E-state index contributed by atoms with van der Waals surface area (Å²) in [5.74, 6) is 0. The molecule has 1 saturated heterocycles. The Morgan fingerprint density at radius 3 is 2.77 bits per heavy atom. The van der Waals surface area contributed by atoms with Crippen LogP contribution in [0, 0.1) is 6.92 Å². The molecular weight excluding hydrogens is 352 g/mol. The molecule has 3 N–H and O–H groups in total. The first-order chi connectivity index (χ1) is 12.6. The molecule has 2 aliphatic rings. The van der Waals surface area contributed by atoms with E-state index in [1.807, 2.05) is 6.92 Å². The van der Waals surface area contributed by atoms with Crippen molar-refractivity contribution in [2.45, 2.75) is 57.8 Å². The average molecular weight is 378 g/mol. The van der Waals surface area contributed by atoms with Gasteiger partial charge in [0.1, 0.15) is 4.83 Å². The zero-order chi connectivity index (χ0) is 18.3. The summed E-state index contributed by atoms with van der Waals surface area (Å²) in [6.45, 7) is 5.22. The molecule has 26 heavy (non-hydrogen) atoms. The van der Waals surface area contributed by atoms with E-state index >= 15 is 0 Å². The first kappa shape index (κ1) is 17.9. The van der Waals surface area contributed by atoms with Gasteiger partial charge in [-0.05, 0) is 38.2 Å². The number of nitrogens with two attached hydrogens (primary N) is 1. The molecule has 2 aromatic rings. The predicted octanol–water partition coefficient (Wildman–Crippen LogP) is 1.10. The standard InChI is InChI=1S/C18H26N4O3S/c1-11-14(9-20-7-6-19)26-17-15(11)16(23)22(12-4-5-12)18(24)21(17)10-13-3-2-8-25-13/h12-13,20H,2-10,19H2,1H3/t13-/m1/s1. The molecule has 0 spiro atoms. The second kappa shape index (κ2) is 7.26. The van der Waals surface area contributed by atoms with Gasteiger partial charge in [0, 0.05) is 37.2 Å². The molecule has 0 aromatic carbocycles. The fourth-order valence-electron chi connectivity index (χ4n) is 3.69. The number of thiophene rings is 1. The molecule has 0 amide bonds. The van der Waals surface area contributed by atoms with Gasteiger partial charge in [-0.25, -0.2) is 4.79 Å². The largest absolute Gasteiger partial charge is 0.376 e. The van der Waals surface area contributed by atoms with E-state index in [2.05, 4.69) is 5.32 Å². The highest BCUT2D eigenvalue weighted by Crippen LogP contribution is 2.34. The van der Waals surface area contributed by atoms with Gasteiger partial charge in [0.2, 0.25) is 0 Å². The summed E-state index contributed by atoms with van der Waals surface area (Å²) in [6, 6.07) is 0.0632. The second-order valence-electron chi connectivity index (χ2n) is 7.23. The Morgan fingerprint density at radius 2 is 2.12 bits per heavy atom. The highest BCUT2D eigenvalue weighted by atomic mass is 32.1. The van der Waals surface area contributed by atoms with Gasteiger partial charge in [-0.15, -0.1) is 11.3 Å². The molecule has 0 radical (unpaired) electrons. The molecule has 2 aromatic heterocycles. The third kappa shape index (κ3) is 3.15. The average Bonchev–Trinajstić information content (AvgIpc) is 3.20. The van der Waals surface area contributed by atoms with Crippen LogP contribution in [0.15, 0.2) is 9.59 Å². The van der Waals surface area contributed by atoms with Crippen LogP contribution in [0.4, 0.5) is 0 Å². The van der Waals surface area contributed by atoms with E-state index in [9.17, 15) is 9.59 Å². The Bertz CT molecular complexity index is 919. The summed E-state index contributed by atoms with van der Waals surface area (Å²) in [6.07, 6.45) is 3.87. The lowest BCUT2D eigenvalue weighted by atomic mass is 10.2. The maximum Gasteiger partial charge on any atom is 0.332 e. The van der Waals surface area contributed by atoms with Gasteiger partial charge >= 0.3 is 5.69 Å². The van der Waals surface area contributed by atoms with E-state index in [1.165, 1.54) is 4.57 Å². The predicted molar refractivity (Wildman–Crippen MR) is 103 cm³/mol. The number of rotatable bonds is 7.